The third kappa shape index (κ3) is 5.91. The number of ketones is 1. The van der Waals surface area contributed by atoms with E-state index in [1.54, 1.807) is 13.8 Å². The summed E-state index contributed by atoms with van der Waals surface area (Å²) < 4.78 is 43.3. The van der Waals surface area contributed by atoms with Crippen molar-refractivity contribution in [2.75, 3.05) is 5.32 Å². The Balaban J connectivity index is 2.05. The predicted octanol–water partition coefficient (Wildman–Crippen LogP) is 4.73. The molecule has 0 bridgehead atoms. The van der Waals surface area contributed by atoms with Gasteiger partial charge in [-0.3, -0.25) is 9.59 Å². The molecule has 0 aromatic heterocycles. The maximum Gasteiger partial charge on any atom is 0.416 e. The number of Topliss-reactive ketones (excluding diaryl/α,β-unsaturated/α-hetero) is 1. The van der Waals surface area contributed by atoms with Crippen LogP contribution in [-0.4, -0.2) is 23.8 Å². The highest BCUT2D eigenvalue weighted by molar-refractivity contribution is 6.02. The average molecular weight is 407 g/mol. The number of anilines is 1. The SMILES string of the molecule is CC(C)C(=O)Nc1ccc(C(=O)C(C)OC(=O)c2cccc(C(F)(F)F)c2)cc1. The Morgan fingerprint density at radius 1 is 0.931 bits per heavy atom. The van der Waals surface area contributed by atoms with Gasteiger partial charge in [0.2, 0.25) is 11.7 Å². The molecule has 0 spiro atoms. The number of benzene rings is 2. The molecule has 5 nitrogen and oxygen atoms in total. The number of amides is 1. The molecule has 0 heterocycles. The summed E-state index contributed by atoms with van der Waals surface area (Å²) in [6.07, 6.45) is -5.79. The number of carbonyl (C=O) groups excluding carboxylic acids is 3. The van der Waals surface area contributed by atoms with Gasteiger partial charge in [-0.25, -0.2) is 4.79 Å². The van der Waals surface area contributed by atoms with E-state index in [0.29, 0.717) is 11.8 Å². The van der Waals surface area contributed by atoms with Gasteiger partial charge in [0.25, 0.3) is 0 Å². The fraction of sp³-hybridized carbons (Fsp3) is 0.286. The van der Waals surface area contributed by atoms with Crippen LogP contribution >= 0.6 is 0 Å². The summed E-state index contributed by atoms with van der Waals surface area (Å²) in [6, 6.07) is 9.79. The Kier molecular flexibility index (Phi) is 6.79. The minimum atomic E-state index is -4.59. The van der Waals surface area contributed by atoms with Gasteiger partial charge in [0.1, 0.15) is 0 Å². The largest absolute Gasteiger partial charge is 0.451 e. The molecule has 0 aliphatic carbocycles. The summed E-state index contributed by atoms with van der Waals surface area (Å²) >= 11 is 0. The van der Waals surface area contributed by atoms with Gasteiger partial charge in [0.05, 0.1) is 11.1 Å². The summed E-state index contributed by atoms with van der Waals surface area (Å²) in [6.45, 7) is 4.82. The molecule has 2 aromatic carbocycles. The van der Waals surface area contributed by atoms with E-state index in [0.717, 1.165) is 12.1 Å². The van der Waals surface area contributed by atoms with Gasteiger partial charge in [-0.1, -0.05) is 19.9 Å². The monoisotopic (exact) mass is 407 g/mol. The molecule has 0 saturated carbocycles. The van der Waals surface area contributed by atoms with Gasteiger partial charge in [-0.15, -0.1) is 0 Å². The summed E-state index contributed by atoms with van der Waals surface area (Å²) in [7, 11) is 0. The number of ether oxygens (including phenoxy) is 1. The Morgan fingerprint density at radius 2 is 1.55 bits per heavy atom. The molecule has 0 fully saturated rings. The van der Waals surface area contributed by atoms with Crippen LogP contribution in [0.1, 0.15) is 47.1 Å². The van der Waals surface area contributed by atoms with Crippen LogP contribution in [0.25, 0.3) is 0 Å². The third-order valence-electron chi connectivity index (χ3n) is 4.04. The molecule has 1 atom stereocenters. The van der Waals surface area contributed by atoms with E-state index in [2.05, 4.69) is 5.32 Å². The fourth-order valence-electron chi connectivity index (χ4n) is 2.34. The summed E-state index contributed by atoms with van der Waals surface area (Å²) in [5, 5.41) is 2.68. The molecule has 0 aliphatic heterocycles. The molecule has 0 aliphatic rings. The first kappa shape index (κ1) is 22.1. The Morgan fingerprint density at radius 3 is 2.10 bits per heavy atom. The molecule has 8 heteroatoms. The van der Waals surface area contributed by atoms with E-state index in [-0.39, 0.29) is 23.0 Å². The van der Waals surface area contributed by atoms with Crippen LogP contribution in [0.3, 0.4) is 0 Å². The first-order valence-electron chi connectivity index (χ1n) is 8.82. The molecule has 1 N–H and O–H groups in total. The highest BCUT2D eigenvalue weighted by Gasteiger charge is 2.31. The summed E-state index contributed by atoms with van der Waals surface area (Å²) in [4.78, 5) is 36.2. The van der Waals surface area contributed by atoms with Crippen LogP contribution in [0, 0.1) is 5.92 Å². The number of alkyl halides is 3. The van der Waals surface area contributed by atoms with Crippen molar-refractivity contribution in [2.45, 2.75) is 33.1 Å². The molecular weight excluding hydrogens is 387 g/mol. The maximum absolute atomic E-state index is 12.8. The van der Waals surface area contributed by atoms with Crippen molar-refractivity contribution in [2.24, 2.45) is 5.92 Å². The third-order valence-corrected chi connectivity index (χ3v) is 4.04. The van der Waals surface area contributed by atoms with Crippen molar-refractivity contribution in [1.29, 1.82) is 0 Å². The van der Waals surface area contributed by atoms with E-state index in [1.165, 1.54) is 37.3 Å². The second-order valence-electron chi connectivity index (χ2n) is 6.71. The number of carbonyl (C=O) groups is 3. The van der Waals surface area contributed by atoms with Crippen molar-refractivity contribution in [3.63, 3.8) is 0 Å². The lowest BCUT2D eigenvalue weighted by Crippen LogP contribution is -2.24. The number of nitrogens with one attached hydrogen (secondary N) is 1. The standard InChI is InChI=1S/C21H20F3NO4/c1-12(2)19(27)25-17-9-7-14(8-10-17)18(26)13(3)29-20(28)15-5-4-6-16(11-15)21(22,23)24/h4-13H,1-3H3,(H,25,27). The lowest BCUT2D eigenvalue weighted by atomic mass is 10.1. The molecule has 1 amide bonds. The zero-order chi connectivity index (χ0) is 21.8. The molecular formula is C21H20F3NO4. The quantitative estimate of drug-likeness (QED) is 0.555. The van der Waals surface area contributed by atoms with E-state index in [1.807, 2.05) is 0 Å². The van der Waals surface area contributed by atoms with Gasteiger partial charge in [-0.05, 0) is 49.4 Å². The topological polar surface area (TPSA) is 72.5 Å². The van der Waals surface area contributed by atoms with Crippen LogP contribution in [0.15, 0.2) is 48.5 Å². The number of esters is 1. The van der Waals surface area contributed by atoms with Crippen LogP contribution in [0.4, 0.5) is 18.9 Å². The first-order valence-corrected chi connectivity index (χ1v) is 8.82. The van der Waals surface area contributed by atoms with E-state index >= 15 is 0 Å². The predicted molar refractivity (Wildman–Crippen MR) is 101 cm³/mol. The lowest BCUT2D eigenvalue weighted by molar-refractivity contribution is -0.137. The molecule has 0 saturated heterocycles. The van der Waals surface area contributed by atoms with Crippen molar-refractivity contribution in [3.05, 3.63) is 65.2 Å². The maximum atomic E-state index is 12.8. The molecule has 29 heavy (non-hydrogen) atoms. The molecule has 2 rings (SSSR count). The van der Waals surface area contributed by atoms with Crippen LogP contribution in [-0.2, 0) is 15.7 Å². The first-order chi connectivity index (χ1) is 13.5. The highest BCUT2D eigenvalue weighted by Crippen LogP contribution is 2.29. The Hall–Kier alpha value is -3.16. The van der Waals surface area contributed by atoms with Crippen molar-refractivity contribution < 1.29 is 32.3 Å². The number of halogens is 3. The van der Waals surface area contributed by atoms with Gasteiger partial charge >= 0.3 is 12.1 Å². The number of rotatable bonds is 6. The van der Waals surface area contributed by atoms with Gasteiger partial charge < -0.3 is 10.1 Å². The van der Waals surface area contributed by atoms with Crippen molar-refractivity contribution in [1.82, 2.24) is 0 Å². The van der Waals surface area contributed by atoms with Gasteiger partial charge in [0, 0.05) is 17.2 Å². The minimum Gasteiger partial charge on any atom is -0.451 e. The van der Waals surface area contributed by atoms with E-state index in [9.17, 15) is 27.6 Å². The highest BCUT2D eigenvalue weighted by atomic mass is 19.4. The fourth-order valence-corrected chi connectivity index (χ4v) is 2.34. The van der Waals surface area contributed by atoms with Crippen molar-refractivity contribution in [3.8, 4) is 0 Å². The molecule has 154 valence electrons. The zero-order valence-corrected chi connectivity index (χ0v) is 16.0. The van der Waals surface area contributed by atoms with E-state index in [4.69, 9.17) is 4.74 Å². The normalized spacial score (nSPS) is 12.4. The summed E-state index contributed by atoms with van der Waals surface area (Å²) in [5.41, 5.74) is -0.540. The van der Waals surface area contributed by atoms with Crippen LogP contribution in [0.2, 0.25) is 0 Å². The zero-order valence-electron chi connectivity index (χ0n) is 16.0. The smallest absolute Gasteiger partial charge is 0.416 e. The molecule has 1 unspecified atom stereocenters. The van der Waals surface area contributed by atoms with E-state index < -0.39 is 29.6 Å². The average Bonchev–Trinajstić information content (AvgIpc) is 2.67. The number of hydrogen-bond acceptors (Lipinski definition) is 4. The van der Waals surface area contributed by atoms with Gasteiger partial charge in [0.15, 0.2) is 6.10 Å². The van der Waals surface area contributed by atoms with Crippen molar-refractivity contribution >= 4 is 23.3 Å². The Bertz CT molecular complexity index is 905. The van der Waals surface area contributed by atoms with Crippen LogP contribution < -0.4 is 5.32 Å². The second kappa shape index (κ2) is 8.89. The number of hydrogen-bond donors (Lipinski definition) is 1. The minimum absolute atomic E-state index is 0.174. The second-order valence-corrected chi connectivity index (χ2v) is 6.71. The Labute approximate surface area is 165 Å². The van der Waals surface area contributed by atoms with Gasteiger partial charge in [-0.2, -0.15) is 13.2 Å². The molecule has 2 aromatic rings. The summed E-state index contributed by atoms with van der Waals surface area (Å²) in [5.74, 6) is -1.93. The molecule has 0 radical (unpaired) electrons. The van der Waals surface area contributed by atoms with Crippen LogP contribution in [0.5, 0.6) is 0 Å². The lowest BCUT2D eigenvalue weighted by Gasteiger charge is -2.14.